The first kappa shape index (κ1) is 18.8. The number of carbonyl (C=O) groups excluding carboxylic acids is 1. The van der Waals surface area contributed by atoms with E-state index in [1.807, 2.05) is 49.4 Å². The molecule has 0 radical (unpaired) electrons. The Morgan fingerprint density at radius 3 is 1.97 bits per heavy atom. The largest absolute Gasteiger partial charge is 0.383 e. The first-order valence-electron chi connectivity index (χ1n) is 9.96. The average molecular weight is 383 g/mol. The SMILES string of the molecule is CC(Nc1cccc2ccccc12)C(=O)NCCNc1cccc2ccccc12. The van der Waals surface area contributed by atoms with E-state index in [1.165, 1.54) is 10.8 Å². The van der Waals surface area contributed by atoms with Crippen molar-refractivity contribution in [2.24, 2.45) is 0 Å². The van der Waals surface area contributed by atoms with Crippen LogP contribution in [-0.4, -0.2) is 25.0 Å². The molecule has 1 amide bonds. The van der Waals surface area contributed by atoms with Gasteiger partial charge in [0.15, 0.2) is 0 Å². The van der Waals surface area contributed by atoms with Crippen molar-refractivity contribution >= 4 is 38.8 Å². The van der Waals surface area contributed by atoms with Crippen LogP contribution in [0.5, 0.6) is 0 Å². The highest BCUT2D eigenvalue weighted by Gasteiger charge is 2.13. The van der Waals surface area contributed by atoms with E-state index < -0.39 is 0 Å². The Bertz CT molecular complexity index is 1130. The summed E-state index contributed by atoms with van der Waals surface area (Å²) in [7, 11) is 0. The summed E-state index contributed by atoms with van der Waals surface area (Å²) < 4.78 is 0. The van der Waals surface area contributed by atoms with Gasteiger partial charge in [0, 0.05) is 35.2 Å². The molecule has 0 spiro atoms. The number of fused-ring (bicyclic) bond motifs is 2. The lowest BCUT2D eigenvalue weighted by Crippen LogP contribution is -2.39. The van der Waals surface area contributed by atoms with Crippen molar-refractivity contribution in [1.29, 1.82) is 0 Å². The summed E-state index contributed by atoms with van der Waals surface area (Å²) in [5.74, 6) is -0.0161. The Labute approximate surface area is 170 Å². The zero-order valence-corrected chi connectivity index (χ0v) is 16.5. The minimum absolute atomic E-state index is 0.0161. The molecule has 4 rings (SSSR count). The lowest BCUT2D eigenvalue weighted by molar-refractivity contribution is -0.121. The molecule has 0 aromatic heterocycles. The topological polar surface area (TPSA) is 53.2 Å². The third kappa shape index (κ3) is 4.32. The van der Waals surface area contributed by atoms with Crippen LogP contribution < -0.4 is 16.0 Å². The number of anilines is 2. The average Bonchev–Trinajstić information content (AvgIpc) is 2.77. The smallest absolute Gasteiger partial charge is 0.242 e. The maximum absolute atomic E-state index is 12.5. The first-order chi connectivity index (χ1) is 14.2. The summed E-state index contributed by atoms with van der Waals surface area (Å²) in [4.78, 5) is 12.5. The van der Waals surface area contributed by atoms with E-state index in [2.05, 4.69) is 58.4 Å². The van der Waals surface area contributed by atoms with Crippen LogP contribution in [0.25, 0.3) is 21.5 Å². The second-order valence-corrected chi connectivity index (χ2v) is 7.14. The van der Waals surface area contributed by atoms with Gasteiger partial charge in [0.05, 0.1) is 0 Å². The van der Waals surface area contributed by atoms with Gasteiger partial charge in [-0.05, 0) is 29.8 Å². The molecule has 4 aromatic carbocycles. The molecule has 1 unspecified atom stereocenters. The highest BCUT2D eigenvalue weighted by molar-refractivity contribution is 5.96. The Kier molecular flexibility index (Phi) is 5.61. The second kappa shape index (κ2) is 8.65. The molecule has 4 aromatic rings. The molecule has 0 saturated heterocycles. The number of hydrogen-bond donors (Lipinski definition) is 3. The molecule has 1 atom stereocenters. The van der Waals surface area contributed by atoms with Gasteiger partial charge in [-0.3, -0.25) is 4.79 Å². The van der Waals surface area contributed by atoms with Gasteiger partial charge in [-0.2, -0.15) is 0 Å². The lowest BCUT2D eigenvalue weighted by Gasteiger charge is -2.17. The van der Waals surface area contributed by atoms with Gasteiger partial charge in [-0.25, -0.2) is 0 Å². The fourth-order valence-corrected chi connectivity index (χ4v) is 3.57. The fraction of sp³-hybridized carbons (Fsp3) is 0.160. The molecule has 146 valence electrons. The zero-order valence-electron chi connectivity index (χ0n) is 16.5. The molecule has 4 nitrogen and oxygen atoms in total. The quantitative estimate of drug-likeness (QED) is 0.393. The highest BCUT2D eigenvalue weighted by Crippen LogP contribution is 2.24. The van der Waals surface area contributed by atoms with Crippen LogP contribution in [0.1, 0.15) is 6.92 Å². The number of rotatable bonds is 7. The molecular weight excluding hydrogens is 358 g/mol. The molecular formula is C25H25N3O. The summed E-state index contributed by atoms with van der Waals surface area (Å²) in [5, 5.41) is 14.4. The third-order valence-corrected chi connectivity index (χ3v) is 5.08. The Hall–Kier alpha value is -3.53. The summed E-state index contributed by atoms with van der Waals surface area (Å²) in [6.07, 6.45) is 0. The molecule has 4 heteroatoms. The predicted octanol–water partition coefficient (Wildman–Crippen LogP) is 5.02. The van der Waals surface area contributed by atoms with E-state index in [0.717, 1.165) is 22.1 Å². The van der Waals surface area contributed by atoms with E-state index >= 15 is 0 Å². The molecule has 29 heavy (non-hydrogen) atoms. The van der Waals surface area contributed by atoms with Crippen LogP contribution >= 0.6 is 0 Å². The maximum Gasteiger partial charge on any atom is 0.242 e. The van der Waals surface area contributed by atoms with Crippen LogP contribution in [0.15, 0.2) is 84.9 Å². The van der Waals surface area contributed by atoms with E-state index in [0.29, 0.717) is 13.1 Å². The lowest BCUT2D eigenvalue weighted by atomic mass is 10.1. The first-order valence-corrected chi connectivity index (χ1v) is 9.96. The standard InChI is InChI=1S/C25H25N3O/c1-18(28-24-15-7-11-20-9-3-5-13-22(20)24)25(29)27-17-16-26-23-14-6-10-19-8-2-4-12-21(19)23/h2-15,18,26,28H,16-17H2,1H3,(H,27,29). The van der Waals surface area contributed by atoms with Gasteiger partial charge < -0.3 is 16.0 Å². The molecule has 0 aliphatic carbocycles. The van der Waals surface area contributed by atoms with Gasteiger partial charge in [0.1, 0.15) is 6.04 Å². The van der Waals surface area contributed by atoms with Crippen molar-refractivity contribution in [3.8, 4) is 0 Å². The number of amides is 1. The second-order valence-electron chi connectivity index (χ2n) is 7.14. The summed E-state index contributed by atoms with van der Waals surface area (Å²) >= 11 is 0. The Morgan fingerprint density at radius 1 is 0.724 bits per heavy atom. The predicted molar refractivity (Wildman–Crippen MR) is 122 cm³/mol. The molecule has 3 N–H and O–H groups in total. The molecule has 0 heterocycles. The Balaban J connectivity index is 1.31. The van der Waals surface area contributed by atoms with E-state index in [4.69, 9.17) is 0 Å². The van der Waals surface area contributed by atoms with Crippen LogP contribution in [0.3, 0.4) is 0 Å². The van der Waals surface area contributed by atoms with E-state index in [-0.39, 0.29) is 11.9 Å². The van der Waals surface area contributed by atoms with Crippen molar-refractivity contribution in [1.82, 2.24) is 5.32 Å². The molecule has 0 bridgehead atoms. The summed E-state index contributed by atoms with van der Waals surface area (Å²) in [6.45, 7) is 3.11. The van der Waals surface area contributed by atoms with Crippen molar-refractivity contribution in [2.75, 3.05) is 23.7 Å². The van der Waals surface area contributed by atoms with Gasteiger partial charge in [-0.1, -0.05) is 72.8 Å². The minimum atomic E-state index is -0.321. The minimum Gasteiger partial charge on any atom is -0.383 e. The van der Waals surface area contributed by atoms with Crippen molar-refractivity contribution in [3.05, 3.63) is 84.9 Å². The van der Waals surface area contributed by atoms with Gasteiger partial charge in [0.2, 0.25) is 5.91 Å². The van der Waals surface area contributed by atoms with Crippen LogP contribution in [0.4, 0.5) is 11.4 Å². The zero-order chi connectivity index (χ0) is 20.1. The monoisotopic (exact) mass is 383 g/mol. The number of carbonyl (C=O) groups is 1. The van der Waals surface area contributed by atoms with E-state index in [9.17, 15) is 4.79 Å². The highest BCUT2D eigenvalue weighted by atomic mass is 16.2. The van der Waals surface area contributed by atoms with Crippen LogP contribution in [0.2, 0.25) is 0 Å². The van der Waals surface area contributed by atoms with Crippen molar-refractivity contribution in [2.45, 2.75) is 13.0 Å². The fourth-order valence-electron chi connectivity index (χ4n) is 3.57. The van der Waals surface area contributed by atoms with E-state index in [1.54, 1.807) is 0 Å². The van der Waals surface area contributed by atoms with Crippen LogP contribution in [-0.2, 0) is 4.79 Å². The molecule has 0 aliphatic rings. The van der Waals surface area contributed by atoms with Crippen molar-refractivity contribution < 1.29 is 4.79 Å². The summed E-state index contributed by atoms with van der Waals surface area (Å²) in [6, 6.07) is 28.4. The van der Waals surface area contributed by atoms with Crippen LogP contribution in [0, 0.1) is 0 Å². The summed E-state index contributed by atoms with van der Waals surface area (Å²) in [5.41, 5.74) is 2.05. The van der Waals surface area contributed by atoms with Gasteiger partial charge >= 0.3 is 0 Å². The normalized spacial score (nSPS) is 11.9. The third-order valence-electron chi connectivity index (χ3n) is 5.08. The number of nitrogens with one attached hydrogen (secondary N) is 3. The maximum atomic E-state index is 12.5. The van der Waals surface area contributed by atoms with Crippen molar-refractivity contribution in [3.63, 3.8) is 0 Å². The number of benzene rings is 4. The van der Waals surface area contributed by atoms with Gasteiger partial charge in [-0.15, -0.1) is 0 Å². The van der Waals surface area contributed by atoms with Gasteiger partial charge in [0.25, 0.3) is 0 Å². The molecule has 0 aliphatic heterocycles. The number of hydrogen-bond acceptors (Lipinski definition) is 3. The molecule has 0 fully saturated rings. The molecule has 0 saturated carbocycles. The Morgan fingerprint density at radius 2 is 1.28 bits per heavy atom.